The third-order valence-corrected chi connectivity index (χ3v) is 6.34. The molecule has 33 heavy (non-hydrogen) atoms. The van der Waals surface area contributed by atoms with Gasteiger partial charge in [0, 0.05) is 35.7 Å². The van der Waals surface area contributed by atoms with Gasteiger partial charge >= 0.3 is 5.92 Å². The van der Waals surface area contributed by atoms with Crippen molar-refractivity contribution < 1.29 is 28.0 Å². The summed E-state index contributed by atoms with van der Waals surface area (Å²) in [6.07, 6.45) is 0.388. The van der Waals surface area contributed by atoms with E-state index in [9.17, 15) is 28.0 Å². The number of nitrogens with zero attached hydrogens (tertiary/aromatic N) is 1. The summed E-state index contributed by atoms with van der Waals surface area (Å²) in [6, 6.07) is 7.99. The number of piperidine rings is 1. The van der Waals surface area contributed by atoms with Crippen LogP contribution in [0.4, 0.5) is 8.78 Å². The zero-order chi connectivity index (χ0) is 23.9. The van der Waals surface area contributed by atoms with E-state index in [1.54, 1.807) is 18.2 Å². The summed E-state index contributed by atoms with van der Waals surface area (Å²) in [7, 11) is 0. The van der Waals surface area contributed by atoms with Crippen molar-refractivity contribution in [3.8, 4) is 0 Å². The number of imide groups is 1. The molecule has 1 unspecified atom stereocenters. The van der Waals surface area contributed by atoms with E-state index in [-0.39, 0.29) is 48.3 Å². The van der Waals surface area contributed by atoms with Gasteiger partial charge in [0.1, 0.15) is 6.04 Å². The lowest BCUT2D eigenvalue weighted by molar-refractivity contribution is -0.147. The number of hydrogen-bond acceptors (Lipinski definition) is 4. The van der Waals surface area contributed by atoms with Gasteiger partial charge in [0.15, 0.2) is 0 Å². The van der Waals surface area contributed by atoms with E-state index in [1.807, 2.05) is 0 Å². The molecule has 2 aromatic rings. The van der Waals surface area contributed by atoms with E-state index in [1.165, 1.54) is 24.0 Å². The molecule has 2 aliphatic heterocycles. The van der Waals surface area contributed by atoms with E-state index >= 15 is 0 Å². The molecular formula is C23H20ClF2N3O4. The first kappa shape index (κ1) is 22.8. The minimum Gasteiger partial charge on any atom is -0.346 e. The second kappa shape index (κ2) is 8.55. The minimum absolute atomic E-state index is 0.129. The van der Waals surface area contributed by atoms with Gasteiger partial charge in [0.05, 0.1) is 0 Å². The van der Waals surface area contributed by atoms with Crippen molar-refractivity contribution >= 4 is 35.2 Å². The fourth-order valence-corrected chi connectivity index (χ4v) is 4.28. The number of benzene rings is 2. The lowest BCUT2D eigenvalue weighted by Crippen LogP contribution is -2.52. The number of alkyl halides is 2. The summed E-state index contributed by atoms with van der Waals surface area (Å²) in [4.78, 5) is 49.9. The van der Waals surface area contributed by atoms with E-state index in [2.05, 4.69) is 10.6 Å². The van der Waals surface area contributed by atoms with Crippen LogP contribution in [0.1, 0.15) is 45.5 Å². The molecule has 0 spiro atoms. The predicted octanol–water partition coefficient (Wildman–Crippen LogP) is 2.82. The topological polar surface area (TPSA) is 95.6 Å². The summed E-state index contributed by atoms with van der Waals surface area (Å²) < 4.78 is 29.4. The van der Waals surface area contributed by atoms with Crippen LogP contribution in [0.25, 0.3) is 0 Å². The van der Waals surface area contributed by atoms with E-state index in [0.29, 0.717) is 16.7 Å². The SMILES string of the molecule is Cc1c(Cl)cccc1C(F)(F)C(=O)NCc1ccc2c(c1)CN(C1CCC(=O)NC1=O)C2=O. The molecule has 2 aromatic carbocycles. The van der Waals surface area contributed by atoms with Crippen molar-refractivity contribution in [2.75, 3.05) is 0 Å². The van der Waals surface area contributed by atoms with Gasteiger partial charge < -0.3 is 10.2 Å². The Morgan fingerprint density at radius 3 is 2.73 bits per heavy atom. The fraction of sp³-hybridized carbons (Fsp3) is 0.304. The van der Waals surface area contributed by atoms with Crippen molar-refractivity contribution in [3.63, 3.8) is 0 Å². The van der Waals surface area contributed by atoms with Gasteiger partial charge in [0.2, 0.25) is 11.8 Å². The van der Waals surface area contributed by atoms with Crippen LogP contribution < -0.4 is 10.6 Å². The monoisotopic (exact) mass is 475 g/mol. The molecule has 2 aliphatic rings. The predicted molar refractivity (Wildman–Crippen MR) is 114 cm³/mol. The summed E-state index contributed by atoms with van der Waals surface area (Å²) in [5, 5.41) is 4.62. The molecule has 0 aliphatic carbocycles. The quantitative estimate of drug-likeness (QED) is 0.650. The average Bonchev–Trinajstić information content (AvgIpc) is 3.09. The average molecular weight is 476 g/mol. The van der Waals surface area contributed by atoms with Crippen LogP contribution in [0.15, 0.2) is 36.4 Å². The molecule has 0 aromatic heterocycles. The van der Waals surface area contributed by atoms with Crippen LogP contribution >= 0.6 is 11.6 Å². The second-order valence-corrected chi connectivity index (χ2v) is 8.47. The number of hydrogen-bond donors (Lipinski definition) is 2. The minimum atomic E-state index is -3.77. The van der Waals surface area contributed by atoms with Crippen molar-refractivity contribution in [3.05, 3.63) is 69.2 Å². The zero-order valence-electron chi connectivity index (χ0n) is 17.6. The van der Waals surface area contributed by atoms with Crippen LogP contribution in [0.2, 0.25) is 5.02 Å². The first-order valence-corrected chi connectivity index (χ1v) is 10.7. The Hall–Kier alpha value is -3.33. The number of fused-ring (bicyclic) bond motifs is 1. The van der Waals surface area contributed by atoms with E-state index < -0.39 is 29.3 Å². The van der Waals surface area contributed by atoms with Gasteiger partial charge in [-0.25, -0.2) is 0 Å². The van der Waals surface area contributed by atoms with Gasteiger partial charge in [-0.2, -0.15) is 8.78 Å². The summed E-state index contributed by atoms with van der Waals surface area (Å²) in [5.74, 6) is -6.46. The molecule has 10 heteroatoms. The third kappa shape index (κ3) is 4.20. The smallest absolute Gasteiger partial charge is 0.346 e. The normalized spacial score (nSPS) is 18.2. The molecule has 0 saturated carbocycles. The Kier molecular flexibility index (Phi) is 5.92. The van der Waals surface area contributed by atoms with Crippen LogP contribution in [0.5, 0.6) is 0 Å². The standard InChI is InChI=1S/C23H20ClF2N3O4/c1-12-16(3-2-4-17(12)24)23(25,26)22(33)27-10-13-5-6-15-14(9-13)11-29(21(15)32)18-7-8-19(30)28-20(18)31/h2-6,9,18H,7-8,10-11H2,1H3,(H,27,33)(H,28,30,31). The van der Waals surface area contributed by atoms with E-state index in [4.69, 9.17) is 11.6 Å². The number of halogens is 3. The fourth-order valence-electron chi connectivity index (χ4n) is 4.10. The highest BCUT2D eigenvalue weighted by molar-refractivity contribution is 6.31. The molecule has 1 fully saturated rings. The molecule has 0 radical (unpaired) electrons. The number of carbonyl (C=O) groups is 4. The molecule has 172 valence electrons. The first-order chi connectivity index (χ1) is 15.6. The highest BCUT2D eigenvalue weighted by atomic mass is 35.5. The van der Waals surface area contributed by atoms with Crippen LogP contribution in [0, 0.1) is 6.92 Å². The Balaban J connectivity index is 1.45. The number of nitrogens with one attached hydrogen (secondary N) is 2. The largest absolute Gasteiger partial charge is 0.350 e. The summed E-state index contributed by atoms with van der Waals surface area (Å²) in [6.45, 7) is 1.40. The van der Waals surface area contributed by atoms with Gasteiger partial charge in [0.25, 0.3) is 11.8 Å². The van der Waals surface area contributed by atoms with Gasteiger partial charge in [-0.15, -0.1) is 0 Å². The highest BCUT2D eigenvalue weighted by Crippen LogP contribution is 2.34. The first-order valence-electron chi connectivity index (χ1n) is 10.3. The number of carbonyl (C=O) groups excluding carboxylic acids is 4. The maximum atomic E-state index is 14.7. The Morgan fingerprint density at radius 1 is 1.24 bits per heavy atom. The molecule has 0 bridgehead atoms. The van der Waals surface area contributed by atoms with Crippen molar-refractivity contribution in [1.82, 2.24) is 15.5 Å². The third-order valence-electron chi connectivity index (χ3n) is 5.93. The lowest BCUT2D eigenvalue weighted by Gasteiger charge is -2.29. The summed E-state index contributed by atoms with van der Waals surface area (Å²) >= 11 is 5.91. The highest BCUT2D eigenvalue weighted by Gasteiger charge is 2.42. The zero-order valence-corrected chi connectivity index (χ0v) is 18.3. The van der Waals surface area contributed by atoms with Crippen LogP contribution in [-0.2, 0) is 33.4 Å². The number of rotatable bonds is 5. The molecule has 2 N–H and O–H groups in total. The summed E-state index contributed by atoms with van der Waals surface area (Å²) in [5.41, 5.74) is 1.21. The lowest BCUT2D eigenvalue weighted by atomic mass is 10.0. The Bertz CT molecular complexity index is 1180. The molecule has 7 nitrogen and oxygen atoms in total. The van der Waals surface area contributed by atoms with E-state index in [0.717, 1.165) is 6.07 Å². The Labute approximate surface area is 193 Å². The molecular weight excluding hydrogens is 456 g/mol. The van der Waals surface area contributed by atoms with Crippen LogP contribution in [0.3, 0.4) is 0 Å². The second-order valence-electron chi connectivity index (χ2n) is 8.06. The molecule has 1 saturated heterocycles. The number of amides is 4. The molecule has 1 atom stereocenters. The molecule has 4 rings (SSSR count). The molecule has 2 heterocycles. The maximum absolute atomic E-state index is 14.7. The van der Waals surface area contributed by atoms with Crippen molar-refractivity contribution in [2.45, 2.75) is 44.8 Å². The van der Waals surface area contributed by atoms with Crippen LogP contribution in [-0.4, -0.2) is 34.6 Å². The maximum Gasteiger partial charge on any atom is 0.350 e. The van der Waals surface area contributed by atoms with Gasteiger partial charge in [-0.3, -0.25) is 24.5 Å². The van der Waals surface area contributed by atoms with Crippen molar-refractivity contribution in [1.29, 1.82) is 0 Å². The van der Waals surface area contributed by atoms with Gasteiger partial charge in [-0.1, -0.05) is 35.9 Å². The Morgan fingerprint density at radius 2 is 2.00 bits per heavy atom. The molecule has 4 amide bonds. The van der Waals surface area contributed by atoms with Crippen molar-refractivity contribution in [2.24, 2.45) is 0 Å². The van der Waals surface area contributed by atoms with Gasteiger partial charge in [-0.05, 0) is 42.2 Å².